The molecule has 5 heteroatoms. The van der Waals surface area contributed by atoms with Gasteiger partial charge in [0.15, 0.2) is 0 Å². The number of ether oxygens (including phenoxy) is 1. The zero-order valence-electron chi connectivity index (χ0n) is 11.5. The third-order valence-corrected chi connectivity index (χ3v) is 2.89. The lowest BCUT2D eigenvalue weighted by atomic mass is 10.0. The Morgan fingerprint density at radius 2 is 1.59 bits per heavy atom. The smallest absolute Gasteiger partial charge is 0.417 e. The van der Waals surface area contributed by atoms with Crippen LogP contribution in [-0.2, 0) is 6.18 Å². The van der Waals surface area contributed by atoms with Crippen molar-refractivity contribution in [1.82, 2.24) is 0 Å². The van der Waals surface area contributed by atoms with Crippen molar-refractivity contribution in [3.8, 4) is 23.7 Å². The fourth-order valence-electron chi connectivity index (χ4n) is 1.77. The van der Waals surface area contributed by atoms with E-state index in [9.17, 15) is 13.2 Å². The van der Waals surface area contributed by atoms with Crippen LogP contribution in [0.15, 0.2) is 42.5 Å². The van der Waals surface area contributed by atoms with Crippen LogP contribution in [0.25, 0.3) is 0 Å². The van der Waals surface area contributed by atoms with Crippen LogP contribution in [0.5, 0.6) is 5.75 Å². The lowest BCUT2D eigenvalue weighted by Gasteiger charge is -2.09. The van der Waals surface area contributed by atoms with Crippen molar-refractivity contribution in [2.75, 3.05) is 7.11 Å². The zero-order valence-corrected chi connectivity index (χ0v) is 11.5. The summed E-state index contributed by atoms with van der Waals surface area (Å²) >= 11 is 0. The molecule has 0 amide bonds. The molecule has 0 bridgehead atoms. The Balaban J connectivity index is 2.41. The van der Waals surface area contributed by atoms with E-state index in [1.165, 1.54) is 19.2 Å². The minimum atomic E-state index is -4.56. The van der Waals surface area contributed by atoms with Gasteiger partial charge >= 0.3 is 6.18 Å². The fraction of sp³-hybridized carbons (Fsp3) is 0.118. The molecule has 22 heavy (non-hydrogen) atoms. The summed E-state index contributed by atoms with van der Waals surface area (Å²) in [5.74, 6) is 5.82. The number of halogens is 3. The number of rotatable bonds is 1. The summed E-state index contributed by atoms with van der Waals surface area (Å²) in [6, 6.07) is 11.7. The molecule has 0 aliphatic heterocycles. The summed E-state index contributed by atoms with van der Waals surface area (Å²) in [4.78, 5) is 0. The van der Waals surface area contributed by atoms with Gasteiger partial charge in [-0.2, -0.15) is 18.4 Å². The van der Waals surface area contributed by atoms with Crippen molar-refractivity contribution in [2.45, 2.75) is 6.18 Å². The highest BCUT2D eigenvalue weighted by Crippen LogP contribution is 2.32. The Labute approximate surface area is 125 Å². The van der Waals surface area contributed by atoms with Gasteiger partial charge in [-0.05, 0) is 42.5 Å². The highest BCUT2D eigenvalue weighted by Gasteiger charge is 2.33. The quantitative estimate of drug-likeness (QED) is 0.746. The molecule has 2 rings (SSSR count). The van der Waals surface area contributed by atoms with Gasteiger partial charge in [-0.15, -0.1) is 0 Å². The van der Waals surface area contributed by atoms with Gasteiger partial charge in [-0.1, -0.05) is 11.8 Å². The van der Waals surface area contributed by atoms with Crippen molar-refractivity contribution < 1.29 is 17.9 Å². The number of nitrogens with zero attached hydrogens (tertiary/aromatic N) is 1. The van der Waals surface area contributed by atoms with Gasteiger partial charge in [0, 0.05) is 11.1 Å². The molecule has 0 aliphatic rings. The van der Waals surface area contributed by atoms with E-state index < -0.39 is 11.7 Å². The van der Waals surface area contributed by atoms with E-state index in [1.807, 2.05) is 0 Å². The Bertz CT molecular complexity index is 775. The molecule has 0 N–H and O–H groups in total. The van der Waals surface area contributed by atoms with E-state index in [4.69, 9.17) is 10.00 Å². The van der Waals surface area contributed by atoms with Crippen molar-refractivity contribution in [1.29, 1.82) is 5.26 Å². The molecule has 2 aromatic rings. The Kier molecular flexibility index (Phi) is 4.39. The van der Waals surface area contributed by atoms with E-state index in [1.54, 1.807) is 30.3 Å². The van der Waals surface area contributed by atoms with E-state index in [2.05, 4.69) is 11.8 Å². The minimum absolute atomic E-state index is 0.0534. The molecule has 0 saturated carbocycles. The molecule has 2 nitrogen and oxygen atoms in total. The summed E-state index contributed by atoms with van der Waals surface area (Å²) in [5, 5.41) is 8.71. The number of nitriles is 1. The third-order valence-electron chi connectivity index (χ3n) is 2.89. The van der Waals surface area contributed by atoms with Gasteiger partial charge in [-0.3, -0.25) is 0 Å². The van der Waals surface area contributed by atoms with Crippen LogP contribution in [0.4, 0.5) is 13.2 Å². The molecular weight excluding hydrogens is 291 g/mol. The molecule has 0 radical (unpaired) electrons. The monoisotopic (exact) mass is 301 g/mol. The van der Waals surface area contributed by atoms with Crippen LogP contribution >= 0.6 is 0 Å². The minimum Gasteiger partial charge on any atom is -0.497 e. The average molecular weight is 301 g/mol. The number of alkyl halides is 3. The van der Waals surface area contributed by atoms with Crippen molar-refractivity contribution in [3.05, 3.63) is 64.7 Å². The normalized spacial score (nSPS) is 10.3. The summed E-state index contributed by atoms with van der Waals surface area (Å²) in [6.07, 6.45) is -4.56. The Morgan fingerprint density at radius 3 is 2.14 bits per heavy atom. The third kappa shape index (κ3) is 3.59. The topological polar surface area (TPSA) is 33.0 Å². The first-order valence-corrected chi connectivity index (χ1v) is 6.21. The summed E-state index contributed by atoms with van der Waals surface area (Å²) in [7, 11) is 1.52. The maximum Gasteiger partial charge on any atom is 0.417 e. The van der Waals surface area contributed by atoms with E-state index in [-0.39, 0.29) is 11.1 Å². The maximum atomic E-state index is 13.0. The van der Waals surface area contributed by atoms with Crippen LogP contribution in [-0.4, -0.2) is 7.11 Å². The van der Waals surface area contributed by atoms with Crippen molar-refractivity contribution >= 4 is 0 Å². The summed E-state index contributed by atoms with van der Waals surface area (Å²) in [5.41, 5.74) is -0.560. The number of hydrogen-bond donors (Lipinski definition) is 0. The second kappa shape index (κ2) is 6.24. The lowest BCUT2D eigenvalue weighted by molar-refractivity contribution is -0.137. The number of methoxy groups -OCH3 is 1. The molecule has 0 heterocycles. The summed E-state index contributed by atoms with van der Waals surface area (Å²) in [6.45, 7) is 0. The lowest BCUT2D eigenvalue weighted by Crippen LogP contribution is -2.08. The van der Waals surface area contributed by atoms with E-state index >= 15 is 0 Å². The predicted octanol–water partition coefficient (Wildman–Crippen LogP) is 3.99. The standard InChI is InChI=1S/C17H10F3NO/c1-22-15-8-4-12(5-9-15)2-6-14-7-3-13(11-21)10-16(14)17(18,19)20/h3-5,7-10H,1H3. The summed E-state index contributed by atoms with van der Waals surface area (Å²) < 4.78 is 44.0. The molecule has 0 atom stereocenters. The molecular formula is C17H10F3NO. The van der Waals surface area contributed by atoms with Crippen LogP contribution < -0.4 is 4.74 Å². The van der Waals surface area contributed by atoms with Crippen molar-refractivity contribution in [2.24, 2.45) is 0 Å². The maximum absolute atomic E-state index is 13.0. The van der Waals surface area contributed by atoms with Crippen molar-refractivity contribution in [3.63, 3.8) is 0 Å². The van der Waals surface area contributed by atoms with Crippen LogP contribution in [0.3, 0.4) is 0 Å². The second-order valence-corrected chi connectivity index (χ2v) is 4.35. The second-order valence-electron chi connectivity index (χ2n) is 4.35. The average Bonchev–Trinajstić information content (AvgIpc) is 2.52. The molecule has 0 unspecified atom stereocenters. The van der Waals surface area contributed by atoms with Gasteiger partial charge in [-0.25, -0.2) is 0 Å². The van der Waals surface area contributed by atoms with Gasteiger partial charge in [0.25, 0.3) is 0 Å². The molecule has 0 aliphatic carbocycles. The molecule has 0 fully saturated rings. The Hall–Kier alpha value is -2.92. The van der Waals surface area contributed by atoms with Crippen LogP contribution in [0, 0.1) is 23.2 Å². The van der Waals surface area contributed by atoms with Gasteiger partial charge < -0.3 is 4.74 Å². The molecule has 2 aromatic carbocycles. The van der Waals surface area contributed by atoms with E-state index in [0.717, 1.165) is 6.07 Å². The number of benzene rings is 2. The van der Waals surface area contributed by atoms with Gasteiger partial charge in [0.05, 0.1) is 24.3 Å². The van der Waals surface area contributed by atoms with E-state index in [0.29, 0.717) is 11.3 Å². The predicted molar refractivity (Wildman–Crippen MR) is 75.1 cm³/mol. The van der Waals surface area contributed by atoms with Crippen LogP contribution in [0.1, 0.15) is 22.3 Å². The largest absolute Gasteiger partial charge is 0.497 e. The fourth-order valence-corrected chi connectivity index (χ4v) is 1.77. The van der Waals surface area contributed by atoms with Gasteiger partial charge in [0.1, 0.15) is 5.75 Å². The zero-order chi connectivity index (χ0) is 16.2. The number of hydrogen-bond acceptors (Lipinski definition) is 2. The molecule has 0 saturated heterocycles. The first kappa shape index (κ1) is 15.5. The molecule has 0 spiro atoms. The van der Waals surface area contributed by atoms with Crippen LogP contribution in [0.2, 0.25) is 0 Å². The van der Waals surface area contributed by atoms with Gasteiger partial charge in [0.2, 0.25) is 0 Å². The highest BCUT2D eigenvalue weighted by molar-refractivity contribution is 5.51. The first-order chi connectivity index (χ1) is 10.4. The molecule has 0 aromatic heterocycles. The first-order valence-electron chi connectivity index (χ1n) is 6.21. The SMILES string of the molecule is COc1ccc(C#Cc2ccc(C#N)cc2C(F)(F)F)cc1. The highest BCUT2D eigenvalue weighted by atomic mass is 19.4. The molecule has 110 valence electrons. The Morgan fingerprint density at radius 1 is 0.955 bits per heavy atom.